The van der Waals surface area contributed by atoms with Gasteiger partial charge in [0.1, 0.15) is 18.1 Å². The summed E-state index contributed by atoms with van der Waals surface area (Å²) in [5.41, 5.74) is 2.47. The van der Waals surface area contributed by atoms with Crippen molar-refractivity contribution in [2.24, 2.45) is 5.92 Å². The van der Waals surface area contributed by atoms with Crippen molar-refractivity contribution in [3.8, 4) is 0 Å². The molecule has 38 heavy (non-hydrogen) atoms. The Bertz CT molecular complexity index is 1200. The predicted molar refractivity (Wildman–Crippen MR) is 144 cm³/mol. The summed E-state index contributed by atoms with van der Waals surface area (Å²) < 4.78 is 0. The zero-order valence-corrected chi connectivity index (χ0v) is 21.7. The molecule has 5 rings (SSSR count). The van der Waals surface area contributed by atoms with Crippen molar-refractivity contribution in [2.45, 2.75) is 43.9 Å². The fraction of sp³-hybridized carbons (Fsp3) is 0.323. The second-order valence-corrected chi connectivity index (χ2v) is 10.4. The van der Waals surface area contributed by atoms with E-state index in [1.165, 1.54) is 4.90 Å². The molecule has 0 radical (unpaired) electrons. The smallest absolute Gasteiger partial charge is 0.326 e. The van der Waals surface area contributed by atoms with Crippen molar-refractivity contribution in [1.82, 2.24) is 15.1 Å². The number of nitrogens with zero attached hydrogens (tertiary/aromatic N) is 2. The Hall–Kier alpha value is -3.97. The molecule has 2 heterocycles. The van der Waals surface area contributed by atoms with E-state index in [4.69, 9.17) is 0 Å². The average Bonchev–Trinajstić information content (AvgIpc) is 3.66. The first kappa shape index (κ1) is 25.7. The molecular formula is C31H33N3O4. The Labute approximate surface area is 223 Å². The van der Waals surface area contributed by atoms with Crippen molar-refractivity contribution in [2.75, 3.05) is 13.1 Å². The number of hydrogen-bond acceptors (Lipinski definition) is 4. The normalized spacial score (nSPS) is 21.8. The number of hydrogen-bond donors (Lipinski definition) is 2. The van der Waals surface area contributed by atoms with Gasteiger partial charge in [0, 0.05) is 13.1 Å². The van der Waals surface area contributed by atoms with Crippen LogP contribution in [0, 0.1) is 5.92 Å². The lowest BCUT2D eigenvalue weighted by Crippen LogP contribution is -2.50. The SMILES string of the molecule is CC(C)C(C(=O)O)N1CCC(NC(=O)C2CN2C(c2ccccc2)(c2ccccc2)c2ccccc2)C1=O. The molecule has 4 atom stereocenters. The summed E-state index contributed by atoms with van der Waals surface area (Å²) in [6.07, 6.45) is 0.398. The Balaban J connectivity index is 1.44. The van der Waals surface area contributed by atoms with Gasteiger partial charge in [-0.3, -0.25) is 14.5 Å². The number of carboxylic acid groups (broad SMARTS) is 1. The monoisotopic (exact) mass is 511 g/mol. The van der Waals surface area contributed by atoms with Gasteiger partial charge in [-0.2, -0.15) is 0 Å². The maximum atomic E-state index is 13.6. The lowest BCUT2D eigenvalue weighted by Gasteiger charge is -2.38. The second kappa shape index (κ2) is 10.4. The minimum absolute atomic E-state index is 0.214. The third kappa shape index (κ3) is 4.47. The van der Waals surface area contributed by atoms with Gasteiger partial charge in [0.2, 0.25) is 11.8 Å². The molecule has 0 bridgehead atoms. The van der Waals surface area contributed by atoms with E-state index in [0.29, 0.717) is 19.5 Å². The predicted octanol–water partition coefficient (Wildman–Crippen LogP) is 3.49. The first-order valence-electron chi connectivity index (χ1n) is 13.1. The fourth-order valence-electron chi connectivity index (χ4n) is 5.93. The number of likely N-dealkylation sites (tertiary alicyclic amines) is 1. The molecule has 0 saturated carbocycles. The van der Waals surface area contributed by atoms with Crippen molar-refractivity contribution in [3.05, 3.63) is 108 Å². The molecule has 3 aromatic rings. The largest absolute Gasteiger partial charge is 0.480 e. The molecule has 3 aromatic carbocycles. The zero-order valence-electron chi connectivity index (χ0n) is 21.7. The van der Waals surface area contributed by atoms with Gasteiger partial charge < -0.3 is 15.3 Å². The van der Waals surface area contributed by atoms with Gasteiger partial charge in [-0.05, 0) is 29.0 Å². The van der Waals surface area contributed by atoms with Crippen LogP contribution < -0.4 is 5.32 Å². The molecule has 0 aliphatic carbocycles. The summed E-state index contributed by atoms with van der Waals surface area (Å²) in [5, 5.41) is 12.6. The number of carbonyl (C=O) groups is 3. The lowest BCUT2D eigenvalue weighted by molar-refractivity contribution is -0.150. The zero-order chi connectivity index (χ0) is 26.9. The van der Waals surface area contributed by atoms with Crippen molar-refractivity contribution in [1.29, 1.82) is 0 Å². The van der Waals surface area contributed by atoms with Crippen LogP contribution in [0.25, 0.3) is 0 Å². The van der Waals surface area contributed by atoms with E-state index in [0.717, 1.165) is 16.7 Å². The van der Waals surface area contributed by atoms with Crippen LogP contribution in [0.3, 0.4) is 0 Å². The van der Waals surface area contributed by atoms with Crippen molar-refractivity contribution in [3.63, 3.8) is 0 Å². The van der Waals surface area contributed by atoms with Crippen LogP contribution in [0.5, 0.6) is 0 Å². The molecule has 2 aliphatic rings. The van der Waals surface area contributed by atoms with Gasteiger partial charge in [0.25, 0.3) is 0 Å². The van der Waals surface area contributed by atoms with E-state index < -0.39 is 29.6 Å². The molecule has 2 fully saturated rings. The highest BCUT2D eigenvalue weighted by molar-refractivity contribution is 5.94. The van der Waals surface area contributed by atoms with Gasteiger partial charge >= 0.3 is 5.97 Å². The van der Waals surface area contributed by atoms with Crippen molar-refractivity contribution >= 4 is 17.8 Å². The van der Waals surface area contributed by atoms with Gasteiger partial charge in [0.05, 0.1) is 5.54 Å². The number of amides is 2. The van der Waals surface area contributed by atoms with Crippen LogP contribution in [-0.2, 0) is 19.9 Å². The topological polar surface area (TPSA) is 89.7 Å². The summed E-state index contributed by atoms with van der Waals surface area (Å²) in [5.74, 6) is -1.79. The maximum absolute atomic E-state index is 13.6. The minimum atomic E-state index is -1.02. The van der Waals surface area contributed by atoms with Crippen LogP contribution in [0.15, 0.2) is 91.0 Å². The maximum Gasteiger partial charge on any atom is 0.326 e. The van der Waals surface area contributed by atoms with Crippen LogP contribution in [0.1, 0.15) is 37.0 Å². The molecule has 0 aromatic heterocycles. The molecule has 196 valence electrons. The number of nitrogens with one attached hydrogen (secondary N) is 1. The van der Waals surface area contributed by atoms with Crippen LogP contribution in [-0.4, -0.2) is 63.9 Å². The number of carbonyl (C=O) groups excluding carboxylic acids is 2. The molecule has 7 nitrogen and oxygen atoms in total. The molecule has 2 saturated heterocycles. The average molecular weight is 512 g/mol. The summed E-state index contributed by atoms with van der Waals surface area (Å²) in [6, 6.07) is 28.5. The number of rotatable bonds is 9. The van der Waals surface area contributed by atoms with Gasteiger partial charge in [-0.15, -0.1) is 0 Å². The summed E-state index contributed by atoms with van der Waals surface area (Å²) >= 11 is 0. The Morgan fingerprint density at radius 3 is 1.76 bits per heavy atom. The molecule has 2 aliphatic heterocycles. The Morgan fingerprint density at radius 2 is 1.34 bits per heavy atom. The van der Waals surface area contributed by atoms with E-state index >= 15 is 0 Å². The highest BCUT2D eigenvalue weighted by atomic mass is 16.4. The first-order chi connectivity index (χ1) is 18.4. The van der Waals surface area contributed by atoms with Gasteiger partial charge in [-0.25, -0.2) is 4.79 Å². The van der Waals surface area contributed by atoms with E-state index in [2.05, 4.69) is 46.6 Å². The fourth-order valence-corrected chi connectivity index (χ4v) is 5.93. The van der Waals surface area contributed by atoms with Crippen molar-refractivity contribution < 1.29 is 19.5 Å². The first-order valence-corrected chi connectivity index (χ1v) is 13.1. The highest BCUT2D eigenvalue weighted by Gasteiger charge is 2.56. The minimum Gasteiger partial charge on any atom is -0.480 e. The van der Waals surface area contributed by atoms with E-state index in [-0.39, 0.29) is 17.7 Å². The Kier molecular flexibility index (Phi) is 7.04. The third-order valence-electron chi connectivity index (χ3n) is 7.70. The quantitative estimate of drug-likeness (QED) is 0.339. The van der Waals surface area contributed by atoms with Crippen LogP contribution >= 0.6 is 0 Å². The molecule has 7 heteroatoms. The second-order valence-electron chi connectivity index (χ2n) is 10.4. The highest BCUT2D eigenvalue weighted by Crippen LogP contribution is 2.48. The number of benzene rings is 3. The van der Waals surface area contributed by atoms with Gasteiger partial charge in [-0.1, -0.05) is 105 Å². The lowest BCUT2D eigenvalue weighted by atomic mass is 9.76. The van der Waals surface area contributed by atoms with Crippen LogP contribution in [0.2, 0.25) is 0 Å². The standard InChI is InChI=1S/C31H33N3O4/c1-21(2)27(30(37)38)33-19-18-25(29(33)36)32-28(35)26-20-34(26)31(22-12-6-3-7-13-22,23-14-8-4-9-15-23)24-16-10-5-11-17-24/h3-17,21,25-27H,18-20H2,1-2H3,(H,32,35)(H,37,38). The molecule has 2 N–H and O–H groups in total. The summed E-state index contributed by atoms with van der Waals surface area (Å²) in [4.78, 5) is 42.0. The summed E-state index contributed by atoms with van der Waals surface area (Å²) in [6.45, 7) is 4.42. The molecular weight excluding hydrogens is 478 g/mol. The number of aliphatic carboxylic acids is 1. The molecule has 4 unspecified atom stereocenters. The van der Waals surface area contributed by atoms with E-state index in [1.807, 2.05) is 54.6 Å². The molecule has 2 amide bonds. The molecule has 0 spiro atoms. The third-order valence-corrected chi connectivity index (χ3v) is 7.70. The number of carboxylic acids is 1. The summed E-state index contributed by atoms with van der Waals surface area (Å²) in [7, 11) is 0. The van der Waals surface area contributed by atoms with Crippen LogP contribution in [0.4, 0.5) is 0 Å². The Morgan fingerprint density at radius 1 is 0.868 bits per heavy atom. The van der Waals surface area contributed by atoms with E-state index in [9.17, 15) is 19.5 Å². The van der Waals surface area contributed by atoms with Gasteiger partial charge in [0.15, 0.2) is 0 Å². The van der Waals surface area contributed by atoms with E-state index in [1.54, 1.807) is 13.8 Å².